The second kappa shape index (κ2) is 8.05. The fourth-order valence-corrected chi connectivity index (χ4v) is 5.07. The first-order valence-corrected chi connectivity index (χ1v) is 10.8. The highest BCUT2D eigenvalue weighted by Crippen LogP contribution is 2.32. The number of carbonyl (C=O) groups excluding carboxylic acids is 2. The van der Waals surface area contributed by atoms with Crippen LogP contribution in [0, 0.1) is 11.8 Å². The molecule has 2 aromatic carbocycles. The zero-order valence-corrected chi connectivity index (χ0v) is 18.1. The lowest BCUT2D eigenvalue weighted by atomic mass is 10.0. The monoisotopic (exact) mass is 458 g/mol. The Kier molecular flexibility index (Phi) is 5.24. The van der Waals surface area contributed by atoms with Gasteiger partial charge in [-0.25, -0.2) is 4.79 Å². The first-order chi connectivity index (χ1) is 15.0. The smallest absolute Gasteiger partial charge is 0.410 e. The van der Waals surface area contributed by atoms with E-state index in [9.17, 15) is 9.59 Å². The molecule has 3 heterocycles. The van der Waals surface area contributed by atoms with Crippen LogP contribution in [0.1, 0.15) is 15.9 Å². The number of halogens is 2. The van der Waals surface area contributed by atoms with Gasteiger partial charge in [-0.05, 0) is 42.0 Å². The molecule has 0 radical (unpaired) electrons. The summed E-state index contributed by atoms with van der Waals surface area (Å²) in [6, 6.07) is 10.6. The molecule has 2 fully saturated rings. The molecule has 7 nitrogen and oxygen atoms in total. The summed E-state index contributed by atoms with van der Waals surface area (Å²) in [7, 11) is 0. The largest absolute Gasteiger partial charge is 0.445 e. The Hall–Kier alpha value is -2.77. The Labute approximate surface area is 188 Å². The number of aromatic nitrogens is 2. The second-order valence-electron chi connectivity index (χ2n) is 8.14. The summed E-state index contributed by atoms with van der Waals surface area (Å²) in [6.07, 6.45) is 1.36. The standard InChI is InChI=1S/C22H20Cl2N4O3/c23-18-3-13(4-19(24)6-18)12-31-22(30)28-10-16-8-27(9-17(16)11-28)21(29)14-1-2-20-15(5-14)7-25-26-20/h1-7,16-17H,8-12H2,(H,25,26). The third kappa shape index (κ3) is 4.07. The summed E-state index contributed by atoms with van der Waals surface area (Å²) in [5, 5.41) is 8.82. The fraction of sp³-hybridized carbons (Fsp3) is 0.318. The number of rotatable bonds is 3. The number of H-pyrrole nitrogens is 1. The normalized spacial score (nSPS) is 20.3. The molecule has 1 N–H and O–H groups in total. The van der Waals surface area contributed by atoms with Crippen molar-refractivity contribution in [3.63, 3.8) is 0 Å². The number of aromatic amines is 1. The molecule has 2 amide bonds. The van der Waals surface area contributed by atoms with Crippen LogP contribution in [-0.2, 0) is 11.3 Å². The number of likely N-dealkylation sites (tertiary alicyclic amines) is 2. The molecule has 0 aliphatic carbocycles. The SMILES string of the molecule is O=C(OCc1cc(Cl)cc(Cl)c1)N1CC2CN(C(=O)c3ccc4[nH]ncc4c3)CC2C1. The number of carbonyl (C=O) groups is 2. The molecule has 9 heteroatoms. The number of nitrogens with one attached hydrogen (secondary N) is 1. The molecule has 0 saturated carbocycles. The average molecular weight is 459 g/mol. The van der Waals surface area contributed by atoms with Gasteiger partial charge < -0.3 is 14.5 Å². The zero-order valence-electron chi connectivity index (χ0n) is 16.6. The van der Waals surface area contributed by atoms with Crippen molar-refractivity contribution in [1.29, 1.82) is 0 Å². The molecule has 2 unspecified atom stereocenters. The first-order valence-electron chi connectivity index (χ1n) is 10.1. The van der Waals surface area contributed by atoms with Gasteiger partial charge in [-0.3, -0.25) is 9.89 Å². The van der Waals surface area contributed by atoms with Gasteiger partial charge in [-0.2, -0.15) is 5.10 Å². The Morgan fingerprint density at radius 2 is 1.68 bits per heavy atom. The van der Waals surface area contributed by atoms with Crippen LogP contribution in [0.4, 0.5) is 4.79 Å². The number of benzene rings is 2. The van der Waals surface area contributed by atoms with Crippen molar-refractivity contribution in [1.82, 2.24) is 20.0 Å². The lowest BCUT2D eigenvalue weighted by Crippen LogP contribution is -2.35. The van der Waals surface area contributed by atoms with E-state index in [1.165, 1.54) is 0 Å². The van der Waals surface area contributed by atoms with E-state index in [0.717, 1.165) is 16.5 Å². The second-order valence-corrected chi connectivity index (χ2v) is 9.01. The Morgan fingerprint density at radius 3 is 2.39 bits per heavy atom. The average Bonchev–Trinajstić information content (AvgIpc) is 3.44. The van der Waals surface area contributed by atoms with Crippen LogP contribution in [-0.4, -0.2) is 58.2 Å². The Bertz CT molecular complexity index is 1130. The maximum atomic E-state index is 12.9. The Morgan fingerprint density at radius 1 is 1.00 bits per heavy atom. The topological polar surface area (TPSA) is 78.5 Å². The summed E-state index contributed by atoms with van der Waals surface area (Å²) < 4.78 is 5.44. The van der Waals surface area contributed by atoms with E-state index >= 15 is 0 Å². The number of nitrogens with zero attached hydrogens (tertiary/aromatic N) is 3. The highest BCUT2D eigenvalue weighted by molar-refractivity contribution is 6.34. The van der Waals surface area contributed by atoms with Crippen LogP contribution in [0.5, 0.6) is 0 Å². The lowest BCUT2D eigenvalue weighted by Gasteiger charge is -2.21. The van der Waals surface area contributed by atoms with E-state index in [4.69, 9.17) is 27.9 Å². The third-order valence-corrected chi connectivity index (χ3v) is 6.44. The van der Waals surface area contributed by atoms with E-state index in [-0.39, 0.29) is 30.4 Å². The first kappa shape index (κ1) is 20.2. The van der Waals surface area contributed by atoms with Crippen LogP contribution in [0.2, 0.25) is 10.0 Å². The van der Waals surface area contributed by atoms with Crippen LogP contribution in [0.15, 0.2) is 42.6 Å². The summed E-state index contributed by atoms with van der Waals surface area (Å²) in [6.45, 7) is 2.57. The lowest BCUT2D eigenvalue weighted by molar-refractivity contribution is 0.0764. The number of ether oxygens (including phenoxy) is 1. The molecule has 2 atom stereocenters. The molecular weight excluding hydrogens is 439 g/mol. The van der Waals surface area contributed by atoms with E-state index in [2.05, 4.69) is 10.2 Å². The summed E-state index contributed by atoms with van der Waals surface area (Å²) in [5.74, 6) is 0.536. The van der Waals surface area contributed by atoms with Gasteiger partial charge in [0.05, 0.1) is 11.7 Å². The van der Waals surface area contributed by atoms with Crippen molar-refractivity contribution >= 4 is 46.1 Å². The molecule has 0 bridgehead atoms. The van der Waals surface area contributed by atoms with Gasteiger partial charge in [0, 0.05) is 59.0 Å². The predicted octanol–water partition coefficient (Wildman–Crippen LogP) is 4.21. The molecule has 2 aliphatic heterocycles. The van der Waals surface area contributed by atoms with E-state index < -0.39 is 0 Å². The molecule has 5 rings (SSSR count). The Balaban J connectivity index is 1.16. The van der Waals surface area contributed by atoms with Gasteiger partial charge in [-0.1, -0.05) is 23.2 Å². The van der Waals surface area contributed by atoms with Crippen LogP contribution in [0.3, 0.4) is 0 Å². The maximum Gasteiger partial charge on any atom is 0.410 e. The molecule has 3 aromatic rings. The minimum absolute atomic E-state index is 0.0180. The van der Waals surface area contributed by atoms with Gasteiger partial charge >= 0.3 is 6.09 Å². The number of fused-ring (bicyclic) bond motifs is 2. The highest BCUT2D eigenvalue weighted by Gasteiger charge is 2.43. The van der Waals surface area contributed by atoms with Gasteiger partial charge in [0.25, 0.3) is 5.91 Å². The van der Waals surface area contributed by atoms with E-state index in [0.29, 0.717) is 41.8 Å². The van der Waals surface area contributed by atoms with Crippen molar-refractivity contribution in [3.8, 4) is 0 Å². The van der Waals surface area contributed by atoms with Crippen molar-refractivity contribution in [2.45, 2.75) is 6.61 Å². The fourth-order valence-electron chi connectivity index (χ4n) is 4.50. The molecular formula is C22H20Cl2N4O3. The van der Waals surface area contributed by atoms with Crippen molar-refractivity contribution in [2.24, 2.45) is 11.8 Å². The minimum Gasteiger partial charge on any atom is -0.445 e. The van der Waals surface area contributed by atoms with Gasteiger partial charge in [0.2, 0.25) is 0 Å². The summed E-state index contributed by atoms with van der Waals surface area (Å²) in [4.78, 5) is 29.1. The number of hydrogen-bond donors (Lipinski definition) is 1. The highest BCUT2D eigenvalue weighted by atomic mass is 35.5. The van der Waals surface area contributed by atoms with Crippen molar-refractivity contribution < 1.29 is 14.3 Å². The number of hydrogen-bond acceptors (Lipinski definition) is 4. The van der Waals surface area contributed by atoms with Crippen LogP contribution < -0.4 is 0 Å². The van der Waals surface area contributed by atoms with Crippen LogP contribution in [0.25, 0.3) is 10.9 Å². The van der Waals surface area contributed by atoms with E-state index in [1.54, 1.807) is 29.3 Å². The molecule has 1 aromatic heterocycles. The third-order valence-electron chi connectivity index (χ3n) is 6.00. The quantitative estimate of drug-likeness (QED) is 0.637. The number of amides is 2. The molecule has 160 valence electrons. The van der Waals surface area contributed by atoms with Crippen molar-refractivity contribution in [3.05, 3.63) is 63.8 Å². The van der Waals surface area contributed by atoms with Gasteiger partial charge in [-0.15, -0.1) is 0 Å². The van der Waals surface area contributed by atoms with Crippen molar-refractivity contribution in [2.75, 3.05) is 26.2 Å². The molecule has 0 spiro atoms. The maximum absolute atomic E-state index is 12.9. The minimum atomic E-state index is -0.353. The molecule has 2 saturated heterocycles. The zero-order chi connectivity index (χ0) is 21.5. The summed E-state index contributed by atoms with van der Waals surface area (Å²) >= 11 is 12.0. The van der Waals surface area contributed by atoms with Gasteiger partial charge in [0.15, 0.2) is 0 Å². The van der Waals surface area contributed by atoms with Crippen LogP contribution >= 0.6 is 23.2 Å². The summed E-state index contributed by atoms with van der Waals surface area (Å²) in [5.41, 5.74) is 2.31. The van der Waals surface area contributed by atoms with Gasteiger partial charge in [0.1, 0.15) is 6.61 Å². The van der Waals surface area contributed by atoms with E-state index in [1.807, 2.05) is 23.1 Å². The molecule has 31 heavy (non-hydrogen) atoms. The predicted molar refractivity (Wildman–Crippen MR) is 117 cm³/mol. The molecule has 2 aliphatic rings.